The molecule has 0 N–H and O–H groups in total. The summed E-state index contributed by atoms with van der Waals surface area (Å²) in [5, 5.41) is 0. The van der Waals surface area contributed by atoms with Crippen molar-refractivity contribution in [2.45, 2.75) is 26.4 Å². The normalized spacial score (nSPS) is 14.6. The Morgan fingerprint density at radius 1 is 1.44 bits per heavy atom. The molecule has 1 heterocycles. The van der Waals surface area contributed by atoms with Crippen LogP contribution in [0.4, 0.5) is 4.39 Å². The van der Waals surface area contributed by atoms with Gasteiger partial charge >= 0.3 is 0 Å². The number of ether oxygens (including phenoxy) is 1. The van der Waals surface area contributed by atoms with Gasteiger partial charge in [0.2, 0.25) is 0 Å². The second kappa shape index (κ2) is 3.77. The third-order valence-electron chi connectivity index (χ3n) is 2.85. The smallest absolute Gasteiger partial charge is 0.257 e. The highest BCUT2D eigenvalue weighted by Crippen LogP contribution is 2.31. The average Bonchev–Trinajstić information content (AvgIpc) is 2.57. The number of nitrogens with zero attached hydrogens (tertiary/aromatic N) is 1. The van der Waals surface area contributed by atoms with E-state index >= 15 is 0 Å². The quantitative estimate of drug-likeness (QED) is 0.769. The van der Waals surface area contributed by atoms with Crippen molar-refractivity contribution < 1.29 is 13.9 Å². The lowest BCUT2D eigenvalue weighted by Crippen LogP contribution is -2.31. The van der Waals surface area contributed by atoms with Gasteiger partial charge in [0.05, 0.1) is 12.7 Å². The maximum atomic E-state index is 13.9. The largest absolute Gasteiger partial charge is 0.494 e. The van der Waals surface area contributed by atoms with Gasteiger partial charge in [0.15, 0.2) is 11.6 Å². The van der Waals surface area contributed by atoms with Crippen LogP contribution in [0.3, 0.4) is 0 Å². The zero-order valence-corrected chi connectivity index (χ0v) is 9.58. The maximum absolute atomic E-state index is 13.9. The SMILES string of the molecule is COc1ccc2c(c1F)C(=O)N(C(C)C)C2. The topological polar surface area (TPSA) is 29.5 Å². The van der Waals surface area contributed by atoms with Crippen molar-refractivity contribution in [1.82, 2.24) is 4.90 Å². The Kier molecular flexibility index (Phi) is 2.58. The highest BCUT2D eigenvalue weighted by atomic mass is 19.1. The van der Waals surface area contributed by atoms with Crippen molar-refractivity contribution >= 4 is 5.91 Å². The van der Waals surface area contributed by atoms with Crippen LogP contribution in [0.2, 0.25) is 0 Å². The Morgan fingerprint density at radius 3 is 2.69 bits per heavy atom. The number of hydrogen-bond acceptors (Lipinski definition) is 2. The molecule has 1 aromatic carbocycles. The van der Waals surface area contributed by atoms with E-state index in [0.29, 0.717) is 6.54 Å². The number of hydrogen-bond donors (Lipinski definition) is 0. The molecule has 4 heteroatoms. The number of halogens is 1. The van der Waals surface area contributed by atoms with E-state index in [9.17, 15) is 9.18 Å². The van der Waals surface area contributed by atoms with Crippen molar-refractivity contribution in [3.05, 3.63) is 29.1 Å². The molecule has 0 aromatic heterocycles. The molecule has 16 heavy (non-hydrogen) atoms. The summed E-state index contributed by atoms with van der Waals surface area (Å²) in [5.74, 6) is -0.674. The number of fused-ring (bicyclic) bond motifs is 1. The molecular formula is C12H14FNO2. The van der Waals surface area contributed by atoms with Crippen LogP contribution in [-0.2, 0) is 6.54 Å². The standard InChI is InChI=1S/C12H14FNO2/c1-7(2)14-6-8-4-5-9(16-3)11(13)10(8)12(14)15/h4-5,7H,6H2,1-3H3. The second-order valence-electron chi connectivity index (χ2n) is 4.14. The molecule has 1 aliphatic rings. The fourth-order valence-corrected chi connectivity index (χ4v) is 1.93. The Bertz CT molecular complexity index is 443. The first-order chi connectivity index (χ1) is 7.56. The number of carbonyl (C=O) groups is 1. The first-order valence-electron chi connectivity index (χ1n) is 5.22. The molecule has 1 amide bonds. The Hall–Kier alpha value is -1.58. The van der Waals surface area contributed by atoms with Crippen LogP contribution in [-0.4, -0.2) is 24.0 Å². The van der Waals surface area contributed by atoms with E-state index in [4.69, 9.17) is 4.74 Å². The zero-order valence-electron chi connectivity index (χ0n) is 9.58. The van der Waals surface area contributed by atoms with Crippen molar-refractivity contribution in [1.29, 1.82) is 0 Å². The van der Waals surface area contributed by atoms with Gasteiger partial charge in [-0.3, -0.25) is 4.79 Å². The summed E-state index contributed by atoms with van der Waals surface area (Å²) in [6, 6.07) is 3.38. The van der Waals surface area contributed by atoms with Gasteiger partial charge in [-0.2, -0.15) is 0 Å². The summed E-state index contributed by atoms with van der Waals surface area (Å²) >= 11 is 0. The van der Waals surface area contributed by atoms with Gasteiger partial charge in [-0.15, -0.1) is 0 Å². The van der Waals surface area contributed by atoms with Gasteiger partial charge in [0, 0.05) is 12.6 Å². The zero-order chi connectivity index (χ0) is 11.9. The van der Waals surface area contributed by atoms with Crippen LogP contribution in [0.25, 0.3) is 0 Å². The Balaban J connectivity index is 2.49. The first-order valence-corrected chi connectivity index (χ1v) is 5.22. The molecule has 0 saturated carbocycles. The van der Waals surface area contributed by atoms with Crippen molar-refractivity contribution in [2.24, 2.45) is 0 Å². The van der Waals surface area contributed by atoms with E-state index in [1.165, 1.54) is 7.11 Å². The Labute approximate surface area is 93.8 Å². The number of amides is 1. The van der Waals surface area contributed by atoms with Gasteiger partial charge in [0.1, 0.15) is 0 Å². The lowest BCUT2D eigenvalue weighted by Gasteiger charge is -2.19. The van der Waals surface area contributed by atoms with E-state index in [0.717, 1.165) is 5.56 Å². The molecule has 0 fully saturated rings. The van der Waals surface area contributed by atoms with Gasteiger partial charge in [-0.25, -0.2) is 4.39 Å². The van der Waals surface area contributed by atoms with Crippen LogP contribution in [0.5, 0.6) is 5.75 Å². The molecule has 2 rings (SSSR count). The van der Waals surface area contributed by atoms with Gasteiger partial charge < -0.3 is 9.64 Å². The van der Waals surface area contributed by atoms with Gasteiger partial charge in [-0.05, 0) is 25.5 Å². The molecule has 0 aliphatic carbocycles. The minimum atomic E-state index is -0.548. The summed E-state index contributed by atoms with van der Waals surface area (Å²) in [5.41, 5.74) is 0.894. The van der Waals surface area contributed by atoms with Gasteiger partial charge in [0.25, 0.3) is 5.91 Å². The summed E-state index contributed by atoms with van der Waals surface area (Å²) < 4.78 is 18.8. The summed E-state index contributed by atoms with van der Waals surface area (Å²) in [6.45, 7) is 4.31. The molecule has 0 unspecified atom stereocenters. The van der Waals surface area contributed by atoms with E-state index in [1.54, 1.807) is 17.0 Å². The van der Waals surface area contributed by atoms with Crippen LogP contribution >= 0.6 is 0 Å². The molecule has 0 radical (unpaired) electrons. The van der Waals surface area contributed by atoms with Crippen molar-refractivity contribution in [3.63, 3.8) is 0 Å². The lowest BCUT2D eigenvalue weighted by atomic mass is 10.1. The third-order valence-corrected chi connectivity index (χ3v) is 2.85. The summed E-state index contributed by atoms with van der Waals surface area (Å²) in [7, 11) is 1.39. The first kappa shape index (κ1) is 10.9. The molecule has 0 spiro atoms. The monoisotopic (exact) mass is 223 g/mol. The van der Waals surface area contributed by atoms with Crippen molar-refractivity contribution in [3.8, 4) is 5.75 Å². The third kappa shape index (κ3) is 1.45. The Morgan fingerprint density at radius 2 is 2.12 bits per heavy atom. The average molecular weight is 223 g/mol. The summed E-state index contributed by atoms with van der Waals surface area (Å²) in [6.07, 6.45) is 0. The summed E-state index contributed by atoms with van der Waals surface area (Å²) in [4.78, 5) is 13.6. The molecule has 1 aromatic rings. The van der Waals surface area contributed by atoms with Crippen LogP contribution in [0, 0.1) is 5.82 Å². The number of rotatable bonds is 2. The number of methoxy groups -OCH3 is 1. The molecule has 86 valence electrons. The lowest BCUT2D eigenvalue weighted by molar-refractivity contribution is 0.0727. The maximum Gasteiger partial charge on any atom is 0.257 e. The fourth-order valence-electron chi connectivity index (χ4n) is 1.93. The minimum absolute atomic E-state index is 0.0743. The second-order valence-corrected chi connectivity index (χ2v) is 4.14. The van der Waals surface area contributed by atoms with E-state index < -0.39 is 5.82 Å². The van der Waals surface area contributed by atoms with E-state index in [2.05, 4.69) is 0 Å². The molecule has 0 bridgehead atoms. The predicted molar refractivity (Wildman–Crippen MR) is 58.0 cm³/mol. The predicted octanol–water partition coefficient (Wildman–Crippen LogP) is 2.20. The van der Waals surface area contributed by atoms with Crippen LogP contribution in [0.1, 0.15) is 29.8 Å². The van der Waals surface area contributed by atoms with Crippen molar-refractivity contribution in [2.75, 3.05) is 7.11 Å². The fraction of sp³-hybridized carbons (Fsp3) is 0.417. The van der Waals surface area contributed by atoms with Gasteiger partial charge in [-0.1, -0.05) is 6.07 Å². The number of carbonyl (C=O) groups excluding carboxylic acids is 1. The molecule has 1 aliphatic heterocycles. The highest BCUT2D eigenvalue weighted by Gasteiger charge is 2.33. The van der Waals surface area contributed by atoms with Crippen LogP contribution in [0.15, 0.2) is 12.1 Å². The molecule has 3 nitrogen and oxygen atoms in total. The minimum Gasteiger partial charge on any atom is -0.494 e. The van der Waals surface area contributed by atoms with E-state index in [1.807, 2.05) is 13.8 Å². The molecule has 0 atom stereocenters. The molecule has 0 saturated heterocycles. The van der Waals surface area contributed by atoms with Crippen LogP contribution < -0.4 is 4.74 Å². The highest BCUT2D eigenvalue weighted by molar-refractivity contribution is 5.99. The number of benzene rings is 1. The molecular weight excluding hydrogens is 209 g/mol. The van der Waals surface area contributed by atoms with E-state index in [-0.39, 0.29) is 23.3 Å².